The Bertz CT molecular complexity index is 1700. The molecular weight excluding hydrogens is 584 g/mol. The minimum atomic E-state index is -0.966. The van der Waals surface area contributed by atoms with E-state index in [4.69, 9.17) is 4.74 Å². The lowest BCUT2D eigenvalue weighted by atomic mass is 10.0. The van der Waals surface area contributed by atoms with Gasteiger partial charge in [0.25, 0.3) is 0 Å². The van der Waals surface area contributed by atoms with E-state index in [9.17, 15) is 24.6 Å². The monoisotopic (exact) mass is 624 g/mol. The van der Waals surface area contributed by atoms with Crippen LogP contribution in [-0.4, -0.2) is 76.8 Å². The summed E-state index contributed by atoms with van der Waals surface area (Å²) in [6, 6.07) is 24.8. The Morgan fingerprint density at radius 2 is 1.76 bits per heavy atom. The van der Waals surface area contributed by atoms with Gasteiger partial charge in [-0.2, -0.15) is 0 Å². The average Bonchev–Trinajstić information content (AvgIpc) is 3.08. The number of nitrogens with zero attached hydrogens (tertiary/aromatic N) is 2. The molecule has 0 aliphatic carbocycles. The van der Waals surface area contributed by atoms with Crippen LogP contribution in [0, 0.1) is 5.92 Å². The number of urea groups is 1. The van der Waals surface area contributed by atoms with E-state index >= 15 is 0 Å². The molecule has 5 rings (SSSR count). The highest BCUT2D eigenvalue weighted by molar-refractivity contribution is 6.06. The van der Waals surface area contributed by atoms with E-state index in [1.165, 1.54) is 0 Å². The number of nitrogens with one attached hydrogen (secondary N) is 2. The molecule has 10 nitrogen and oxygen atoms in total. The standard InChI is InChI=1S/C36H40N4O6/c1-23-19-40(24(2)22-41)34(42)18-28-17-29(37-36(45)38-31-10-6-8-26-7-4-5-9-30(26)31)15-16-32(28)46-33(23)21-39(3)20-25-11-13-27(14-12-25)35(43)44/h4-17,23-24,33,41H,18-22H2,1-3H3,(H,43,44)(H2,37,38,45)/t23-,24+,33+/m1/s1. The molecule has 46 heavy (non-hydrogen) atoms. The molecule has 0 spiro atoms. The van der Waals surface area contributed by atoms with Crippen LogP contribution >= 0.6 is 0 Å². The van der Waals surface area contributed by atoms with Gasteiger partial charge in [0.1, 0.15) is 11.9 Å². The van der Waals surface area contributed by atoms with Crippen LogP contribution in [-0.2, 0) is 17.8 Å². The molecule has 4 aromatic carbocycles. The molecule has 3 atom stereocenters. The number of ether oxygens (including phenoxy) is 1. The largest absolute Gasteiger partial charge is 0.488 e. The lowest BCUT2D eigenvalue weighted by molar-refractivity contribution is -0.134. The number of hydrogen-bond acceptors (Lipinski definition) is 6. The molecular formula is C36H40N4O6. The Kier molecular flexibility index (Phi) is 10.2. The van der Waals surface area contributed by atoms with E-state index in [0.717, 1.165) is 16.3 Å². The Hall–Kier alpha value is -4.93. The Morgan fingerprint density at radius 3 is 2.50 bits per heavy atom. The Morgan fingerprint density at radius 1 is 1.02 bits per heavy atom. The highest BCUT2D eigenvalue weighted by Crippen LogP contribution is 2.30. The molecule has 0 unspecified atom stereocenters. The van der Waals surface area contributed by atoms with Crippen molar-refractivity contribution < 1.29 is 29.3 Å². The van der Waals surface area contributed by atoms with Crippen molar-refractivity contribution in [3.05, 3.63) is 102 Å². The maximum absolute atomic E-state index is 13.6. The average molecular weight is 625 g/mol. The van der Waals surface area contributed by atoms with Gasteiger partial charge in [-0.3, -0.25) is 9.69 Å². The lowest BCUT2D eigenvalue weighted by Crippen LogP contribution is -2.47. The smallest absolute Gasteiger partial charge is 0.335 e. The SMILES string of the molecule is C[C@@H]1CN([C@@H](C)CO)C(=O)Cc2cc(NC(=O)Nc3cccc4ccccc34)ccc2O[C@H]1CN(C)Cc1ccc(C(=O)O)cc1. The number of benzene rings is 4. The first-order valence-corrected chi connectivity index (χ1v) is 15.4. The van der Waals surface area contributed by atoms with Gasteiger partial charge in [0.15, 0.2) is 0 Å². The topological polar surface area (TPSA) is 131 Å². The molecule has 0 radical (unpaired) electrons. The van der Waals surface area contributed by atoms with Crippen molar-refractivity contribution in [2.75, 3.05) is 37.4 Å². The Labute approximate surface area is 268 Å². The number of aliphatic hydroxyl groups is 1. The number of aliphatic hydroxyl groups excluding tert-OH is 1. The van der Waals surface area contributed by atoms with Crippen LogP contribution in [0.3, 0.4) is 0 Å². The summed E-state index contributed by atoms with van der Waals surface area (Å²) in [5.74, 6) is -0.623. The van der Waals surface area contributed by atoms with E-state index in [1.807, 2.05) is 63.4 Å². The fraction of sp³-hybridized carbons (Fsp3) is 0.306. The fourth-order valence-corrected chi connectivity index (χ4v) is 5.78. The number of aromatic carboxylic acids is 1. The summed E-state index contributed by atoms with van der Waals surface area (Å²) in [6.45, 7) is 5.19. The number of fused-ring (bicyclic) bond motifs is 2. The van der Waals surface area contributed by atoms with Crippen molar-refractivity contribution >= 4 is 40.1 Å². The van der Waals surface area contributed by atoms with Crippen LogP contribution in [0.15, 0.2) is 84.9 Å². The van der Waals surface area contributed by atoms with E-state index in [-0.39, 0.29) is 42.6 Å². The fourth-order valence-electron chi connectivity index (χ4n) is 5.78. The molecule has 0 saturated heterocycles. The van der Waals surface area contributed by atoms with E-state index in [2.05, 4.69) is 15.5 Å². The van der Waals surface area contributed by atoms with Crippen LogP contribution in [0.25, 0.3) is 10.8 Å². The van der Waals surface area contributed by atoms with E-state index in [0.29, 0.717) is 42.3 Å². The van der Waals surface area contributed by atoms with Crippen molar-refractivity contribution in [3.8, 4) is 5.75 Å². The van der Waals surface area contributed by atoms with Gasteiger partial charge in [-0.15, -0.1) is 0 Å². The van der Waals surface area contributed by atoms with Crippen LogP contribution in [0.5, 0.6) is 5.75 Å². The third-order valence-corrected chi connectivity index (χ3v) is 8.36. The summed E-state index contributed by atoms with van der Waals surface area (Å²) < 4.78 is 6.61. The number of carboxylic acids is 1. The third kappa shape index (κ3) is 7.82. The maximum atomic E-state index is 13.6. The summed E-state index contributed by atoms with van der Waals surface area (Å²) in [4.78, 5) is 41.7. The number of anilines is 2. The summed E-state index contributed by atoms with van der Waals surface area (Å²) in [5.41, 5.74) is 3.03. The molecule has 4 N–H and O–H groups in total. The van der Waals surface area contributed by atoms with Crippen LogP contribution < -0.4 is 15.4 Å². The number of amides is 3. The zero-order chi connectivity index (χ0) is 32.8. The zero-order valence-corrected chi connectivity index (χ0v) is 26.3. The molecule has 3 amide bonds. The zero-order valence-electron chi connectivity index (χ0n) is 26.3. The van der Waals surface area contributed by atoms with Gasteiger partial charge in [0.05, 0.1) is 30.3 Å². The normalized spacial score (nSPS) is 17.3. The second-order valence-electron chi connectivity index (χ2n) is 12.0. The van der Waals surface area contributed by atoms with Crippen molar-refractivity contribution in [3.63, 3.8) is 0 Å². The number of carbonyl (C=O) groups excluding carboxylic acids is 2. The summed E-state index contributed by atoms with van der Waals surface area (Å²) in [5, 5.41) is 26.9. The first kappa shape index (κ1) is 32.5. The molecule has 1 heterocycles. The van der Waals surface area contributed by atoms with Gasteiger partial charge >= 0.3 is 12.0 Å². The Balaban J connectivity index is 1.36. The summed E-state index contributed by atoms with van der Waals surface area (Å²) in [7, 11) is 1.97. The number of carboxylic acid groups (broad SMARTS) is 1. The second kappa shape index (κ2) is 14.4. The molecule has 1 aliphatic rings. The van der Waals surface area contributed by atoms with Crippen LogP contribution in [0.1, 0.15) is 35.3 Å². The number of carbonyl (C=O) groups is 3. The summed E-state index contributed by atoms with van der Waals surface area (Å²) in [6.07, 6.45) is -0.263. The minimum absolute atomic E-state index is 0.0470. The number of hydrogen-bond donors (Lipinski definition) is 4. The van der Waals surface area contributed by atoms with Crippen LogP contribution in [0.4, 0.5) is 16.2 Å². The second-order valence-corrected chi connectivity index (χ2v) is 12.0. The van der Waals surface area contributed by atoms with Crippen molar-refractivity contribution in [1.29, 1.82) is 0 Å². The van der Waals surface area contributed by atoms with Gasteiger partial charge in [0, 0.05) is 42.2 Å². The van der Waals surface area contributed by atoms with Gasteiger partial charge in [0.2, 0.25) is 5.91 Å². The number of rotatable bonds is 9. The highest BCUT2D eigenvalue weighted by Gasteiger charge is 2.31. The molecule has 1 aliphatic heterocycles. The van der Waals surface area contributed by atoms with Gasteiger partial charge in [-0.1, -0.05) is 55.5 Å². The molecule has 240 valence electrons. The predicted octanol–water partition coefficient (Wildman–Crippen LogP) is 5.46. The highest BCUT2D eigenvalue weighted by atomic mass is 16.5. The molecule has 0 aromatic heterocycles. The first-order chi connectivity index (χ1) is 22.1. The quantitative estimate of drug-likeness (QED) is 0.194. The van der Waals surface area contributed by atoms with Gasteiger partial charge < -0.3 is 30.5 Å². The molecule has 0 bridgehead atoms. The molecule has 10 heteroatoms. The van der Waals surface area contributed by atoms with E-state index < -0.39 is 12.0 Å². The van der Waals surface area contributed by atoms with Gasteiger partial charge in [-0.25, -0.2) is 9.59 Å². The maximum Gasteiger partial charge on any atom is 0.335 e. The third-order valence-electron chi connectivity index (χ3n) is 8.36. The lowest BCUT2D eigenvalue weighted by Gasteiger charge is -2.34. The summed E-state index contributed by atoms with van der Waals surface area (Å²) >= 11 is 0. The number of likely N-dealkylation sites (N-methyl/N-ethyl adjacent to an activating group) is 1. The van der Waals surface area contributed by atoms with Crippen molar-refractivity contribution in [2.24, 2.45) is 5.92 Å². The predicted molar refractivity (Wildman–Crippen MR) is 178 cm³/mol. The minimum Gasteiger partial charge on any atom is -0.488 e. The van der Waals surface area contributed by atoms with E-state index in [1.54, 1.807) is 47.4 Å². The molecule has 4 aromatic rings. The van der Waals surface area contributed by atoms with Crippen molar-refractivity contribution in [1.82, 2.24) is 9.80 Å². The van der Waals surface area contributed by atoms with Crippen LogP contribution in [0.2, 0.25) is 0 Å². The first-order valence-electron chi connectivity index (χ1n) is 15.4. The van der Waals surface area contributed by atoms with Crippen molar-refractivity contribution in [2.45, 2.75) is 39.0 Å². The molecule has 0 saturated carbocycles. The molecule has 0 fully saturated rings. The van der Waals surface area contributed by atoms with Gasteiger partial charge in [-0.05, 0) is 61.3 Å².